The number of aromatic nitrogens is 2. The fourth-order valence-electron chi connectivity index (χ4n) is 5.95. The summed E-state index contributed by atoms with van der Waals surface area (Å²) in [5.74, 6) is 0. The van der Waals surface area contributed by atoms with Gasteiger partial charge in [0.2, 0.25) is 0 Å². The summed E-state index contributed by atoms with van der Waals surface area (Å²) in [6, 6.07) is 43.8. The van der Waals surface area contributed by atoms with Crippen LogP contribution >= 0.6 is 0 Å². The fraction of sp³-hybridized carbons (Fsp3) is 0. The molecular formula is C36H22N2. The van der Waals surface area contributed by atoms with Crippen molar-refractivity contribution in [2.45, 2.75) is 0 Å². The van der Waals surface area contributed by atoms with Crippen LogP contribution < -0.4 is 0 Å². The van der Waals surface area contributed by atoms with Gasteiger partial charge in [-0.1, -0.05) is 109 Å². The molecule has 0 aliphatic carbocycles. The van der Waals surface area contributed by atoms with Crippen molar-refractivity contribution in [2.24, 2.45) is 0 Å². The zero-order chi connectivity index (χ0) is 25.1. The minimum Gasteiger partial charge on any atom is -0.252 e. The van der Waals surface area contributed by atoms with Gasteiger partial charge in [-0.25, -0.2) is 0 Å². The molecule has 2 nitrogen and oxygen atoms in total. The molecule has 8 aromatic rings. The van der Waals surface area contributed by atoms with Crippen LogP contribution in [0.25, 0.3) is 76.4 Å². The summed E-state index contributed by atoms with van der Waals surface area (Å²) in [6.07, 6.45) is 3.55. The predicted octanol–water partition coefficient (Wildman–Crippen LogP) is 9.58. The molecule has 176 valence electrons. The first-order valence-corrected chi connectivity index (χ1v) is 12.9. The van der Waals surface area contributed by atoms with Gasteiger partial charge in [0, 0.05) is 23.2 Å². The molecule has 0 amide bonds. The van der Waals surface area contributed by atoms with Crippen LogP contribution in [0.5, 0.6) is 0 Å². The van der Waals surface area contributed by atoms with Crippen molar-refractivity contribution in [1.82, 2.24) is 9.97 Å². The number of hydrogen-bond donors (Lipinski definition) is 0. The van der Waals surface area contributed by atoms with Gasteiger partial charge in [0.1, 0.15) is 0 Å². The summed E-state index contributed by atoms with van der Waals surface area (Å²) in [5, 5.41) is 9.82. The maximum absolute atomic E-state index is 4.69. The molecule has 0 unspecified atom stereocenters. The lowest BCUT2D eigenvalue weighted by Gasteiger charge is -2.13. The Bertz CT molecular complexity index is 2140. The van der Waals surface area contributed by atoms with E-state index in [0.717, 1.165) is 21.8 Å². The summed E-state index contributed by atoms with van der Waals surface area (Å²) < 4.78 is 0. The standard InChI is InChI=1S/C36H22N2/c1-2-8-27-26(7-1)22-33(29-10-4-3-9-28(27)29)24-15-13-23(14-16-24)25-17-18-32-34(21-25)30-11-5-6-12-31(30)35-36(32)38-20-19-37-35/h1-22H. The van der Waals surface area contributed by atoms with E-state index in [1.165, 1.54) is 54.6 Å². The van der Waals surface area contributed by atoms with Crippen molar-refractivity contribution in [3.63, 3.8) is 0 Å². The van der Waals surface area contributed by atoms with Crippen molar-refractivity contribution in [1.29, 1.82) is 0 Å². The van der Waals surface area contributed by atoms with E-state index in [2.05, 4.69) is 126 Å². The van der Waals surface area contributed by atoms with Crippen molar-refractivity contribution in [2.75, 3.05) is 0 Å². The lowest BCUT2D eigenvalue weighted by Crippen LogP contribution is -1.89. The Kier molecular flexibility index (Phi) is 4.55. The van der Waals surface area contributed by atoms with Crippen LogP contribution in [0.2, 0.25) is 0 Å². The van der Waals surface area contributed by atoms with E-state index in [1.807, 2.05) is 0 Å². The van der Waals surface area contributed by atoms with Gasteiger partial charge in [0.15, 0.2) is 0 Å². The van der Waals surface area contributed by atoms with Crippen LogP contribution in [-0.4, -0.2) is 9.97 Å². The van der Waals surface area contributed by atoms with Gasteiger partial charge in [-0.2, -0.15) is 0 Å². The molecule has 38 heavy (non-hydrogen) atoms. The van der Waals surface area contributed by atoms with E-state index in [-0.39, 0.29) is 0 Å². The Balaban J connectivity index is 1.29. The van der Waals surface area contributed by atoms with E-state index in [1.54, 1.807) is 12.4 Å². The van der Waals surface area contributed by atoms with Crippen LogP contribution in [0.4, 0.5) is 0 Å². The van der Waals surface area contributed by atoms with Crippen molar-refractivity contribution < 1.29 is 0 Å². The first-order valence-electron chi connectivity index (χ1n) is 12.9. The Morgan fingerprint density at radius 2 is 0.868 bits per heavy atom. The monoisotopic (exact) mass is 482 g/mol. The van der Waals surface area contributed by atoms with Crippen LogP contribution in [0.1, 0.15) is 0 Å². The van der Waals surface area contributed by atoms with Gasteiger partial charge in [0.25, 0.3) is 0 Å². The largest absolute Gasteiger partial charge is 0.252 e. The van der Waals surface area contributed by atoms with Crippen LogP contribution in [0, 0.1) is 0 Å². The fourth-order valence-corrected chi connectivity index (χ4v) is 5.95. The molecule has 8 rings (SSSR count). The molecule has 1 aromatic heterocycles. The number of hydrogen-bond acceptors (Lipinski definition) is 2. The van der Waals surface area contributed by atoms with Crippen molar-refractivity contribution >= 4 is 54.1 Å². The first kappa shape index (κ1) is 21.0. The minimum absolute atomic E-state index is 0.950. The number of nitrogens with zero attached hydrogens (tertiary/aromatic N) is 2. The maximum Gasteiger partial charge on any atom is 0.0971 e. The van der Waals surface area contributed by atoms with Gasteiger partial charge in [-0.3, -0.25) is 9.97 Å². The summed E-state index contributed by atoms with van der Waals surface area (Å²) in [5.41, 5.74) is 6.79. The molecule has 0 N–H and O–H groups in total. The highest BCUT2D eigenvalue weighted by molar-refractivity contribution is 6.23. The topological polar surface area (TPSA) is 25.8 Å². The molecule has 2 heteroatoms. The van der Waals surface area contributed by atoms with E-state index in [9.17, 15) is 0 Å². The van der Waals surface area contributed by atoms with Gasteiger partial charge in [-0.15, -0.1) is 0 Å². The lowest BCUT2D eigenvalue weighted by molar-refractivity contribution is 1.31. The third-order valence-corrected chi connectivity index (χ3v) is 7.74. The van der Waals surface area contributed by atoms with Gasteiger partial charge in [0.05, 0.1) is 11.0 Å². The number of fused-ring (bicyclic) bond motifs is 9. The average molecular weight is 483 g/mol. The summed E-state index contributed by atoms with van der Waals surface area (Å²) in [4.78, 5) is 9.35. The number of benzene rings is 7. The highest BCUT2D eigenvalue weighted by atomic mass is 14.8. The molecule has 7 aromatic carbocycles. The van der Waals surface area contributed by atoms with Crippen LogP contribution in [0.3, 0.4) is 0 Å². The molecule has 0 aliphatic heterocycles. The summed E-state index contributed by atoms with van der Waals surface area (Å²) in [6.45, 7) is 0. The molecule has 0 spiro atoms. The SMILES string of the molecule is c1ccc2c(c1)cc(-c1ccc(-c3ccc4c(c3)c3ccccc3c3nccnc43)cc1)c1ccccc12. The average Bonchev–Trinajstić information content (AvgIpc) is 3.01. The van der Waals surface area contributed by atoms with E-state index >= 15 is 0 Å². The molecule has 0 fully saturated rings. The molecule has 0 atom stereocenters. The molecule has 0 aliphatic rings. The Hall–Kier alpha value is -5.08. The van der Waals surface area contributed by atoms with Gasteiger partial charge in [-0.05, 0) is 66.7 Å². The van der Waals surface area contributed by atoms with Crippen molar-refractivity contribution in [3.05, 3.63) is 134 Å². The quantitative estimate of drug-likeness (QED) is 0.229. The third kappa shape index (κ3) is 3.14. The van der Waals surface area contributed by atoms with Crippen LogP contribution in [0.15, 0.2) is 134 Å². The number of rotatable bonds is 2. The Morgan fingerprint density at radius 1 is 0.342 bits per heavy atom. The normalized spacial score (nSPS) is 11.7. The second kappa shape index (κ2) is 8.22. The smallest absolute Gasteiger partial charge is 0.0971 e. The zero-order valence-corrected chi connectivity index (χ0v) is 20.6. The van der Waals surface area contributed by atoms with Crippen LogP contribution in [-0.2, 0) is 0 Å². The Labute approximate surface area is 219 Å². The van der Waals surface area contributed by atoms with Crippen molar-refractivity contribution in [3.8, 4) is 22.3 Å². The summed E-state index contributed by atoms with van der Waals surface area (Å²) in [7, 11) is 0. The van der Waals surface area contributed by atoms with E-state index < -0.39 is 0 Å². The third-order valence-electron chi connectivity index (χ3n) is 7.74. The molecular weight excluding hydrogens is 460 g/mol. The predicted molar refractivity (Wildman–Crippen MR) is 160 cm³/mol. The molecule has 0 saturated carbocycles. The van der Waals surface area contributed by atoms with Gasteiger partial charge >= 0.3 is 0 Å². The highest BCUT2D eigenvalue weighted by Gasteiger charge is 2.12. The first-order chi connectivity index (χ1) is 18.8. The van der Waals surface area contributed by atoms with E-state index in [4.69, 9.17) is 4.98 Å². The zero-order valence-electron chi connectivity index (χ0n) is 20.6. The maximum atomic E-state index is 4.69. The summed E-state index contributed by atoms with van der Waals surface area (Å²) >= 11 is 0. The lowest BCUT2D eigenvalue weighted by atomic mass is 9.92. The highest BCUT2D eigenvalue weighted by Crippen LogP contribution is 2.38. The second-order valence-electron chi connectivity index (χ2n) is 9.83. The van der Waals surface area contributed by atoms with Gasteiger partial charge < -0.3 is 0 Å². The molecule has 0 saturated heterocycles. The van der Waals surface area contributed by atoms with E-state index in [0.29, 0.717) is 0 Å². The second-order valence-corrected chi connectivity index (χ2v) is 9.83. The molecule has 0 radical (unpaired) electrons. The molecule has 1 heterocycles. The molecule has 0 bridgehead atoms. The minimum atomic E-state index is 0.950. The Morgan fingerprint density at radius 3 is 1.61 bits per heavy atom.